The van der Waals surface area contributed by atoms with Crippen LogP contribution in [0.2, 0.25) is 0 Å². The Hall–Kier alpha value is -2.37. The zero-order chi connectivity index (χ0) is 17.6. The molecule has 0 saturated heterocycles. The molecule has 23 heavy (non-hydrogen) atoms. The molecule has 1 aromatic rings. The summed E-state index contributed by atoms with van der Waals surface area (Å²) in [5.74, 6) is -0.606. The second-order valence-corrected chi connectivity index (χ2v) is 5.80. The molecule has 0 aromatic heterocycles. The zero-order valence-electron chi connectivity index (χ0n) is 14.4. The van der Waals surface area contributed by atoms with Gasteiger partial charge in [-0.15, -0.1) is 0 Å². The minimum atomic E-state index is -0.240. The molecule has 0 spiro atoms. The fourth-order valence-corrected chi connectivity index (χ4v) is 2.40. The van der Waals surface area contributed by atoms with Gasteiger partial charge in [-0.1, -0.05) is 17.7 Å². The normalized spacial score (nSPS) is 10.1. The first-order valence-electron chi connectivity index (χ1n) is 7.56. The van der Waals surface area contributed by atoms with Crippen molar-refractivity contribution in [2.45, 2.75) is 34.1 Å². The number of amides is 3. The number of rotatable bonds is 6. The van der Waals surface area contributed by atoms with E-state index in [0.29, 0.717) is 0 Å². The summed E-state index contributed by atoms with van der Waals surface area (Å²) < 4.78 is 0. The number of benzene rings is 1. The van der Waals surface area contributed by atoms with Crippen LogP contribution >= 0.6 is 0 Å². The molecule has 0 heterocycles. The van der Waals surface area contributed by atoms with E-state index in [1.807, 2.05) is 32.9 Å². The maximum absolute atomic E-state index is 12.1. The number of nitrogens with zero attached hydrogens (tertiary/aromatic N) is 1. The lowest BCUT2D eigenvalue weighted by atomic mass is 10.1. The highest BCUT2D eigenvalue weighted by Gasteiger charge is 2.14. The number of hydrogen-bond donors (Lipinski definition) is 2. The molecule has 2 N–H and O–H groups in total. The van der Waals surface area contributed by atoms with E-state index in [2.05, 4.69) is 10.6 Å². The molecule has 0 bridgehead atoms. The van der Waals surface area contributed by atoms with Crippen LogP contribution in [0.1, 0.15) is 30.0 Å². The Morgan fingerprint density at radius 1 is 1.09 bits per heavy atom. The Balaban J connectivity index is 2.56. The second-order valence-electron chi connectivity index (χ2n) is 5.80. The van der Waals surface area contributed by atoms with E-state index in [9.17, 15) is 14.4 Å². The first-order valence-corrected chi connectivity index (χ1v) is 7.56. The van der Waals surface area contributed by atoms with Crippen LogP contribution in [-0.4, -0.2) is 42.8 Å². The summed E-state index contributed by atoms with van der Waals surface area (Å²) in [5, 5.41) is 5.42. The van der Waals surface area contributed by atoms with Gasteiger partial charge in [0.25, 0.3) is 0 Å². The van der Waals surface area contributed by atoms with Gasteiger partial charge in [0, 0.05) is 32.6 Å². The van der Waals surface area contributed by atoms with Crippen molar-refractivity contribution in [3.05, 3.63) is 28.8 Å². The number of likely N-dealkylation sites (N-methyl/N-ethyl adjacent to an activating group) is 1. The Morgan fingerprint density at radius 3 is 2.17 bits per heavy atom. The van der Waals surface area contributed by atoms with Crippen molar-refractivity contribution in [1.29, 1.82) is 0 Å². The molecule has 0 unspecified atom stereocenters. The Labute approximate surface area is 137 Å². The molecule has 6 heteroatoms. The summed E-state index contributed by atoms with van der Waals surface area (Å²) in [5.41, 5.74) is 3.92. The van der Waals surface area contributed by atoms with Gasteiger partial charge in [-0.25, -0.2) is 0 Å². The minimum absolute atomic E-state index is 0.0222. The summed E-state index contributed by atoms with van der Waals surface area (Å²) in [6, 6.07) is 4.01. The van der Waals surface area contributed by atoms with Crippen molar-refractivity contribution >= 4 is 23.4 Å². The molecule has 0 aliphatic carbocycles. The van der Waals surface area contributed by atoms with Crippen LogP contribution in [0.15, 0.2) is 12.1 Å². The number of aryl methyl sites for hydroxylation is 3. The molecule has 1 rings (SSSR count). The third-order valence-electron chi connectivity index (χ3n) is 3.46. The Bertz CT molecular complexity index is 588. The third-order valence-corrected chi connectivity index (χ3v) is 3.46. The van der Waals surface area contributed by atoms with Gasteiger partial charge in [-0.05, 0) is 31.9 Å². The van der Waals surface area contributed by atoms with Crippen molar-refractivity contribution in [3.8, 4) is 0 Å². The largest absolute Gasteiger partial charge is 0.356 e. The van der Waals surface area contributed by atoms with Crippen LogP contribution in [0.25, 0.3) is 0 Å². The quantitative estimate of drug-likeness (QED) is 0.835. The first kappa shape index (κ1) is 18.7. The van der Waals surface area contributed by atoms with Gasteiger partial charge in [-0.3, -0.25) is 14.4 Å². The Morgan fingerprint density at radius 2 is 1.65 bits per heavy atom. The van der Waals surface area contributed by atoms with E-state index < -0.39 is 0 Å². The minimum Gasteiger partial charge on any atom is -0.356 e. The number of hydrogen-bond acceptors (Lipinski definition) is 3. The van der Waals surface area contributed by atoms with Crippen molar-refractivity contribution in [2.24, 2.45) is 0 Å². The van der Waals surface area contributed by atoms with Crippen LogP contribution in [-0.2, 0) is 14.4 Å². The lowest BCUT2D eigenvalue weighted by Crippen LogP contribution is -2.36. The van der Waals surface area contributed by atoms with E-state index in [1.165, 1.54) is 11.8 Å². The molecule has 0 radical (unpaired) electrons. The molecule has 0 fully saturated rings. The van der Waals surface area contributed by atoms with Gasteiger partial charge in [0.05, 0.1) is 6.54 Å². The fourth-order valence-electron chi connectivity index (χ4n) is 2.40. The monoisotopic (exact) mass is 319 g/mol. The van der Waals surface area contributed by atoms with Crippen LogP contribution < -0.4 is 10.6 Å². The number of nitrogens with one attached hydrogen (secondary N) is 2. The molecule has 1 aromatic carbocycles. The van der Waals surface area contributed by atoms with E-state index in [1.54, 1.807) is 7.05 Å². The first-order chi connectivity index (χ1) is 10.7. The summed E-state index contributed by atoms with van der Waals surface area (Å²) in [7, 11) is 1.57. The molecule has 0 saturated carbocycles. The Kier molecular flexibility index (Phi) is 6.75. The zero-order valence-corrected chi connectivity index (χ0v) is 14.4. The van der Waals surface area contributed by atoms with Crippen molar-refractivity contribution < 1.29 is 14.4 Å². The van der Waals surface area contributed by atoms with E-state index >= 15 is 0 Å². The van der Waals surface area contributed by atoms with Gasteiger partial charge in [0.1, 0.15) is 0 Å². The number of anilines is 1. The van der Waals surface area contributed by atoms with Crippen molar-refractivity contribution in [1.82, 2.24) is 10.2 Å². The van der Waals surface area contributed by atoms with Gasteiger partial charge in [-0.2, -0.15) is 0 Å². The summed E-state index contributed by atoms with van der Waals surface area (Å²) in [6.07, 6.45) is 0.173. The molecule has 0 aliphatic heterocycles. The average Bonchev–Trinajstić information content (AvgIpc) is 2.42. The maximum Gasteiger partial charge on any atom is 0.243 e. The van der Waals surface area contributed by atoms with Crippen LogP contribution in [0.4, 0.5) is 5.69 Å². The lowest BCUT2D eigenvalue weighted by Gasteiger charge is -2.18. The van der Waals surface area contributed by atoms with Gasteiger partial charge in [0.2, 0.25) is 17.7 Å². The second kappa shape index (κ2) is 8.31. The number of carbonyl (C=O) groups excluding carboxylic acids is 3. The molecule has 126 valence electrons. The predicted molar refractivity (Wildman–Crippen MR) is 90.2 cm³/mol. The summed E-state index contributed by atoms with van der Waals surface area (Å²) in [4.78, 5) is 36.1. The maximum atomic E-state index is 12.1. The molecular formula is C17H25N3O3. The molecule has 0 atom stereocenters. The SMILES string of the molecule is CC(=O)NCCC(=O)N(C)CC(=O)Nc1c(C)cc(C)cc1C. The average molecular weight is 319 g/mol. The molecule has 3 amide bonds. The van der Waals surface area contributed by atoms with Gasteiger partial charge in [0.15, 0.2) is 0 Å². The number of carbonyl (C=O) groups is 3. The van der Waals surface area contributed by atoms with E-state index in [0.717, 1.165) is 22.4 Å². The van der Waals surface area contributed by atoms with Crippen molar-refractivity contribution in [3.63, 3.8) is 0 Å². The van der Waals surface area contributed by atoms with Crippen LogP contribution in [0.5, 0.6) is 0 Å². The highest BCUT2D eigenvalue weighted by molar-refractivity contribution is 5.95. The summed E-state index contributed by atoms with van der Waals surface area (Å²) in [6.45, 7) is 7.54. The summed E-state index contributed by atoms with van der Waals surface area (Å²) >= 11 is 0. The molecule has 6 nitrogen and oxygen atoms in total. The highest BCUT2D eigenvalue weighted by atomic mass is 16.2. The topological polar surface area (TPSA) is 78.5 Å². The van der Waals surface area contributed by atoms with E-state index in [-0.39, 0.29) is 37.2 Å². The van der Waals surface area contributed by atoms with Crippen LogP contribution in [0.3, 0.4) is 0 Å². The van der Waals surface area contributed by atoms with E-state index in [4.69, 9.17) is 0 Å². The van der Waals surface area contributed by atoms with Crippen LogP contribution in [0, 0.1) is 20.8 Å². The van der Waals surface area contributed by atoms with Crippen molar-refractivity contribution in [2.75, 3.05) is 25.5 Å². The third kappa shape index (κ3) is 6.10. The van der Waals surface area contributed by atoms with Gasteiger partial charge < -0.3 is 15.5 Å². The standard InChI is InChI=1S/C17H25N3O3/c1-11-8-12(2)17(13(3)9-11)19-15(22)10-20(5)16(23)6-7-18-14(4)21/h8-9H,6-7,10H2,1-5H3,(H,18,21)(H,19,22). The molecule has 0 aliphatic rings. The smallest absolute Gasteiger partial charge is 0.243 e. The fraction of sp³-hybridized carbons (Fsp3) is 0.471. The van der Waals surface area contributed by atoms with Gasteiger partial charge >= 0.3 is 0 Å². The highest BCUT2D eigenvalue weighted by Crippen LogP contribution is 2.21. The predicted octanol–water partition coefficient (Wildman–Crippen LogP) is 1.53. The molecular weight excluding hydrogens is 294 g/mol. The lowest BCUT2D eigenvalue weighted by molar-refractivity contribution is -0.133.